The lowest BCUT2D eigenvalue weighted by atomic mass is 9.98. The summed E-state index contributed by atoms with van der Waals surface area (Å²) in [4.78, 5) is 70.3. The van der Waals surface area contributed by atoms with Crippen molar-refractivity contribution in [3.05, 3.63) is 139 Å². The fourth-order valence-electron chi connectivity index (χ4n) is 8.92. The third-order valence-electron chi connectivity index (χ3n) is 12.2. The van der Waals surface area contributed by atoms with E-state index in [-0.39, 0.29) is 43.8 Å². The highest BCUT2D eigenvalue weighted by atomic mass is 35.5. The Hall–Kier alpha value is -7.04. The van der Waals surface area contributed by atoms with Crippen LogP contribution in [0.5, 0.6) is 5.75 Å². The normalized spacial score (nSPS) is 13.9. The van der Waals surface area contributed by atoms with Crippen LogP contribution in [0.15, 0.2) is 87.5 Å². The number of carbonyl (C=O) groups excluding carboxylic acids is 3. The molecule has 1 aliphatic rings. The van der Waals surface area contributed by atoms with Crippen molar-refractivity contribution in [1.82, 2.24) is 33.9 Å². The van der Waals surface area contributed by atoms with Crippen molar-refractivity contribution >= 4 is 68.1 Å². The number of nitrogens with zero attached hydrogens (tertiary/aromatic N) is 8. The monoisotopic (exact) mass is 924 g/mol. The minimum Gasteiger partial charge on any atom is -0.496 e. The molecule has 9 rings (SSSR count). The average molecular weight is 925 g/mol. The highest BCUT2D eigenvalue weighted by Crippen LogP contribution is 2.42. The number of ether oxygens (including phenoxy) is 2. The van der Waals surface area contributed by atoms with Crippen LogP contribution >= 0.6 is 22.9 Å². The maximum atomic E-state index is 14.6. The van der Waals surface area contributed by atoms with Crippen LogP contribution < -0.4 is 10.4 Å². The quantitative estimate of drug-likeness (QED) is 0.0750. The molecule has 7 heterocycles. The molecule has 1 aliphatic heterocycles. The number of halogens is 1. The van der Waals surface area contributed by atoms with Crippen LogP contribution in [0.3, 0.4) is 0 Å². The molecule has 15 nitrogen and oxygen atoms in total. The zero-order chi connectivity index (χ0) is 46.6. The topological polar surface area (TPSA) is 179 Å². The predicted octanol–water partition coefficient (Wildman–Crippen LogP) is 9.23. The number of esters is 1. The molecule has 0 amide bonds. The largest absolute Gasteiger partial charge is 0.496 e. The van der Waals surface area contributed by atoms with E-state index in [1.54, 1.807) is 42.5 Å². The molecule has 0 spiro atoms. The Morgan fingerprint density at radius 2 is 1.76 bits per heavy atom. The Morgan fingerprint density at radius 3 is 2.45 bits per heavy atom. The summed E-state index contributed by atoms with van der Waals surface area (Å²) in [6, 6.07) is 15.4. The summed E-state index contributed by atoms with van der Waals surface area (Å²) in [7, 11) is 2.92. The Labute approximate surface area is 387 Å². The molecular weight excluding hydrogens is 880 g/mol. The van der Waals surface area contributed by atoms with Gasteiger partial charge < -0.3 is 13.9 Å². The number of rotatable bonds is 14. The Balaban J connectivity index is 1.02. The number of ketones is 2. The van der Waals surface area contributed by atoms with Crippen LogP contribution in [0.25, 0.3) is 38.1 Å². The first-order chi connectivity index (χ1) is 31.8. The molecule has 17 heteroatoms. The van der Waals surface area contributed by atoms with Gasteiger partial charge in [-0.25, -0.2) is 4.79 Å². The van der Waals surface area contributed by atoms with Gasteiger partial charge in [0.15, 0.2) is 17.4 Å². The molecule has 2 aromatic carbocycles. The second-order valence-electron chi connectivity index (χ2n) is 16.4. The van der Waals surface area contributed by atoms with E-state index >= 15 is 0 Å². The summed E-state index contributed by atoms with van der Waals surface area (Å²) >= 11 is 7.58. The van der Waals surface area contributed by atoms with Gasteiger partial charge in [0.1, 0.15) is 28.4 Å². The van der Waals surface area contributed by atoms with Crippen LogP contribution in [-0.2, 0) is 20.9 Å². The molecule has 0 bridgehead atoms. The summed E-state index contributed by atoms with van der Waals surface area (Å²) in [6.45, 7) is 9.23. The number of fused-ring (bicyclic) bond motifs is 6. The average Bonchev–Trinajstić information content (AvgIpc) is 4.02. The van der Waals surface area contributed by atoms with Crippen molar-refractivity contribution in [3.8, 4) is 21.9 Å². The van der Waals surface area contributed by atoms with Gasteiger partial charge in [-0.15, -0.1) is 21.5 Å². The number of thiophene rings is 1. The van der Waals surface area contributed by atoms with Gasteiger partial charge in [-0.05, 0) is 88.6 Å². The molecule has 8 aromatic rings. The Morgan fingerprint density at radius 1 is 0.970 bits per heavy atom. The van der Waals surface area contributed by atoms with Gasteiger partial charge in [-0.2, -0.15) is 0 Å². The first kappa shape index (κ1) is 44.2. The van der Waals surface area contributed by atoms with E-state index in [4.69, 9.17) is 35.5 Å². The number of hydrogen-bond acceptors (Lipinski definition) is 13. The van der Waals surface area contributed by atoms with Crippen LogP contribution in [-0.4, -0.2) is 71.3 Å². The summed E-state index contributed by atoms with van der Waals surface area (Å²) in [5.41, 5.74) is 7.40. The number of imidazole rings is 1. The molecule has 0 N–H and O–H groups in total. The summed E-state index contributed by atoms with van der Waals surface area (Å²) in [5, 5.41) is 10.7. The fourth-order valence-corrected chi connectivity index (χ4v) is 10.4. The van der Waals surface area contributed by atoms with Crippen LogP contribution in [0, 0.1) is 27.7 Å². The van der Waals surface area contributed by atoms with Crippen LogP contribution in [0.4, 0.5) is 0 Å². The van der Waals surface area contributed by atoms with Gasteiger partial charge in [0.05, 0.1) is 78.5 Å². The molecule has 2 atom stereocenters. The number of pyridine rings is 2. The van der Waals surface area contributed by atoms with E-state index < -0.39 is 23.7 Å². The summed E-state index contributed by atoms with van der Waals surface area (Å²) < 4.78 is 21.6. The number of Topliss-reactive ketones (excluding diaryl/α,β-unsaturated/α-hetero) is 2. The fraction of sp³-hybridized carbons (Fsp3) is 0.286. The second-order valence-corrected chi connectivity index (χ2v) is 17.8. The highest BCUT2D eigenvalue weighted by Gasteiger charge is 2.34. The number of aliphatic imine (C=N–C) groups is 1. The van der Waals surface area contributed by atoms with E-state index in [9.17, 15) is 19.2 Å². The number of carbonyl (C=O) groups is 3. The number of benzene rings is 2. The zero-order valence-electron chi connectivity index (χ0n) is 37.3. The lowest BCUT2D eigenvalue weighted by Crippen LogP contribution is -2.29. The molecule has 0 saturated carbocycles. The van der Waals surface area contributed by atoms with Gasteiger partial charge in [-0.1, -0.05) is 29.8 Å². The van der Waals surface area contributed by atoms with Gasteiger partial charge >= 0.3 is 11.7 Å². The number of aryl methyl sites for hydroxylation is 3. The van der Waals surface area contributed by atoms with E-state index in [0.717, 1.165) is 33.6 Å². The van der Waals surface area contributed by atoms with Crippen molar-refractivity contribution in [3.63, 3.8) is 0 Å². The molecule has 0 radical (unpaired) electrons. The smallest absolute Gasteiger partial charge is 0.330 e. The Bertz CT molecular complexity index is 3310. The maximum absolute atomic E-state index is 14.6. The van der Waals surface area contributed by atoms with Gasteiger partial charge in [-0.3, -0.25) is 43.0 Å². The van der Waals surface area contributed by atoms with Crippen molar-refractivity contribution in [1.29, 1.82) is 0 Å². The van der Waals surface area contributed by atoms with E-state index in [1.807, 2.05) is 81.7 Å². The predicted molar refractivity (Wildman–Crippen MR) is 252 cm³/mol. The third kappa shape index (κ3) is 7.72. The Kier molecular flexibility index (Phi) is 11.9. The minimum atomic E-state index is -0.709. The van der Waals surface area contributed by atoms with Gasteiger partial charge in [0.25, 0.3) is 0 Å². The number of hydrogen-bond donors (Lipinski definition) is 0. The zero-order valence-corrected chi connectivity index (χ0v) is 38.9. The molecule has 66 heavy (non-hydrogen) atoms. The van der Waals surface area contributed by atoms with E-state index in [2.05, 4.69) is 15.2 Å². The minimum absolute atomic E-state index is 0.0494. The number of furan rings is 1. The maximum Gasteiger partial charge on any atom is 0.330 e. The molecule has 2 unspecified atom stereocenters. The molecule has 0 fully saturated rings. The van der Waals surface area contributed by atoms with Crippen molar-refractivity contribution < 1.29 is 28.3 Å². The summed E-state index contributed by atoms with van der Waals surface area (Å²) in [5.74, 6) is 1.52. The summed E-state index contributed by atoms with van der Waals surface area (Å²) in [6.07, 6.45) is 5.33. The first-order valence-corrected chi connectivity index (χ1v) is 22.6. The van der Waals surface area contributed by atoms with Crippen molar-refractivity contribution in [2.75, 3.05) is 14.2 Å². The van der Waals surface area contributed by atoms with E-state index in [1.165, 1.54) is 23.0 Å². The number of methoxy groups -OCH3 is 2. The van der Waals surface area contributed by atoms with Gasteiger partial charge in [0, 0.05) is 51.7 Å². The van der Waals surface area contributed by atoms with Gasteiger partial charge in [0.2, 0.25) is 0 Å². The third-order valence-corrected chi connectivity index (χ3v) is 13.8. The second kappa shape index (κ2) is 17.7. The number of aromatic nitrogens is 7. The molecule has 336 valence electrons. The molecule has 0 aliphatic carbocycles. The van der Waals surface area contributed by atoms with E-state index in [0.29, 0.717) is 71.2 Å². The lowest BCUT2D eigenvalue weighted by molar-refractivity contribution is -0.141. The SMILES string of the molecule is COC(=O)CC1N=C(c2ccc(Cl)cc2)c2c(sc(C(=O)CCCC(=O)Cn3c(=O)n(C(C)c4ccccn4)c4c5cc(OC)c(-c6c(C)coc6C)cc5ncc43)c2C)-n2c(C)nnc21. The lowest BCUT2D eigenvalue weighted by Gasteiger charge is -2.15. The highest BCUT2D eigenvalue weighted by molar-refractivity contribution is 7.17. The van der Waals surface area contributed by atoms with Crippen LogP contribution in [0.2, 0.25) is 5.02 Å². The standard InChI is InChI=1S/C49H45ClN8O7S/c1-25-24-65-28(4)42(25)34-19-36-33(20-40(34)63-6)45-38(22-52-36)56(49(62)57(45)27(3)35-12-8-9-18-51-35)23-32(59)11-10-13-39(60)46-26(2)43-44(30-14-16-31(50)17-15-30)53-37(21-41(61)64-7)47-55-54-29(5)58(47)48(43)66-46/h8-9,12,14-20,22,24,27,37H,10-11,13,21,23H2,1-7H3. The van der Waals surface area contributed by atoms with Crippen molar-refractivity contribution in [2.45, 2.75) is 78.9 Å². The molecule has 0 saturated heterocycles. The molecule has 6 aromatic heterocycles. The van der Waals surface area contributed by atoms with Crippen molar-refractivity contribution in [2.24, 2.45) is 4.99 Å². The van der Waals surface area contributed by atoms with Crippen LogP contribution in [0.1, 0.15) is 99.7 Å². The molecular formula is C49H45ClN8O7S. The first-order valence-electron chi connectivity index (χ1n) is 21.4.